The molecule has 0 saturated carbocycles. The average Bonchev–Trinajstić information content (AvgIpc) is 2.64. The van der Waals surface area contributed by atoms with Gasteiger partial charge in [-0.3, -0.25) is 4.90 Å². The van der Waals surface area contributed by atoms with Crippen molar-refractivity contribution in [2.75, 3.05) is 24.6 Å². The minimum atomic E-state index is 0.573. The molecule has 1 aliphatic rings. The van der Waals surface area contributed by atoms with E-state index in [9.17, 15) is 0 Å². The molecule has 1 aromatic rings. The van der Waals surface area contributed by atoms with Crippen LogP contribution in [0.4, 0.5) is 5.13 Å². The van der Waals surface area contributed by atoms with Gasteiger partial charge in [0.1, 0.15) is 5.01 Å². The van der Waals surface area contributed by atoms with Crippen molar-refractivity contribution in [1.82, 2.24) is 15.1 Å². The van der Waals surface area contributed by atoms with Gasteiger partial charge in [-0.05, 0) is 6.42 Å². The molecule has 6 heteroatoms. The first kappa shape index (κ1) is 11.2. The van der Waals surface area contributed by atoms with Gasteiger partial charge < -0.3 is 5.73 Å². The minimum absolute atomic E-state index is 0.573. The number of anilines is 1. The largest absolute Gasteiger partial charge is 0.374 e. The Balaban J connectivity index is 1.88. The highest BCUT2D eigenvalue weighted by molar-refractivity contribution is 8.00. The van der Waals surface area contributed by atoms with Crippen LogP contribution in [-0.4, -0.2) is 39.2 Å². The number of nitrogens with two attached hydrogens (primary N) is 1. The van der Waals surface area contributed by atoms with E-state index in [1.165, 1.54) is 30.1 Å². The quantitative estimate of drug-likeness (QED) is 0.872. The number of thioether (sulfide) groups is 1. The first-order valence-electron chi connectivity index (χ1n) is 5.19. The normalized spacial score (nSPS) is 23.1. The van der Waals surface area contributed by atoms with Crippen molar-refractivity contribution < 1.29 is 0 Å². The van der Waals surface area contributed by atoms with Crippen molar-refractivity contribution in [2.45, 2.75) is 25.1 Å². The van der Waals surface area contributed by atoms with E-state index in [1.54, 1.807) is 0 Å². The summed E-state index contributed by atoms with van der Waals surface area (Å²) in [6.45, 7) is 5.48. The molecule has 84 valence electrons. The molecule has 0 aliphatic carbocycles. The third-order valence-electron chi connectivity index (χ3n) is 2.52. The molecule has 2 rings (SSSR count). The summed E-state index contributed by atoms with van der Waals surface area (Å²) in [5.41, 5.74) is 5.56. The minimum Gasteiger partial charge on any atom is -0.374 e. The summed E-state index contributed by atoms with van der Waals surface area (Å²) in [4.78, 5) is 2.45. The van der Waals surface area contributed by atoms with Gasteiger partial charge in [0.2, 0.25) is 5.13 Å². The van der Waals surface area contributed by atoms with Crippen LogP contribution in [0.5, 0.6) is 0 Å². The highest BCUT2D eigenvalue weighted by Gasteiger charge is 2.19. The molecule has 1 fully saturated rings. The smallest absolute Gasteiger partial charge is 0.203 e. The van der Waals surface area contributed by atoms with E-state index in [-0.39, 0.29) is 0 Å². The van der Waals surface area contributed by atoms with Crippen LogP contribution in [0.1, 0.15) is 18.4 Å². The van der Waals surface area contributed by atoms with Crippen LogP contribution >= 0.6 is 23.1 Å². The molecule has 0 amide bonds. The third-order valence-corrected chi connectivity index (χ3v) is 4.63. The molecule has 1 aliphatic heterocycles. The number of nitrogens with zero attached hydrogens (tertiary/aromatic N) is 3. The first-order chi connectivity index (χ1) is 7.28. The number of hydrogen-bond acceptors (Lipinski definition) is 6. The molecule has 1 saturated heterocycles. The van der Waals surface area contributed by atoms with Gasteiger partial charge >= 0.3 is 0 Å². The lowest BCUT2D eigenvalue weighted by Crippen LogP contribution is -2.36. The molecular formula is C9H16N4S2. The van der Waals surface area contributed by atoms with Gasteiger partial charge in [0.25, 0.3) is 0 Å². The Morgan fingerprint density at radius 2 is 2.40 bits per heavy atom. The Hall–Kier alpha value is -0.330. The van der Waals surface area contributed by atoms with Crippen molar-refractivity contribution in [3.05, 3.63) is 5.01 Å². The van der Waals surface area contributed by atoms with Crippen molar-refractivity contribution in [3.63, 3.8) is 0 Å². The number of nitrogen functional groups attached to an aromatic ring is 1. The molecule has 2 heterocycles. The van der Waals surface area contributed by atoms with E-state index >= 15 is 0 Å². The SMILES string of the molecule is CCC1CN(Cc2nnc(N)s2)CCS1. The van der Waals surface area contributed by atoms with E-state index in [0.29, 0.717) is 5.13 Å². The summed E-state index contributed by atoms with van der Waals surface area (Å²) >= 11 is 3.58. The Morgan fingerprint density at radius 1 is 1.53 bits per heavy atom. The second-order valence-corrected chi connectivity index (χ2v) is 6.17. The van der Waals surface area contributed by atoms with Crippen LogP contribution in [-0.2, 0) is 6.54 Å². The monoisotopic (exact) mass is 244 g/mol. The molecule has 0 aromatic carbocycles. The summed E-state index contributed by atoms with van der Waals surface area (Å²) in [7, 11) is 0. The number of rotatable bonds is 3. The lowest BCUT2D eigenvalue weighted by atomic mass is 10.3. The fourth-order valence-electron chi connectivity index (χ4n) is 1.69. The summed E-state index contributed by atoms with van der Waals surface area (Å²) < 4.78 is 0. The average molecular weight is 244 g/mol. The highest BCUT2D eigenvalue weighted by Crippen LogP contribution is 2.23. The zero-order chi connectivity index (χ0) is 10.7. The standard InChI is InChI=1S/C9H16N4S2/c1-2-7-5-13(3-4-14-7)6-8-11-12-9(10)15-8/h7H,2-6H2,1H3,(H2,10,12). The fraction of sp³-hybridized carbons (Fsp3) is 0.778. The highest BCUT2D eigenvalue weighted by atomic mass is 32.2. The summed E-state index contributed by atoms with van der Waals surface area (Å²) in [5, 5.41) is 10.3. The first-order valence-corrected chi connectivity index (χ1v) is 7.06. The van der Waals surface area contributed by atoms with E-state index in [1.807, 2.05) is 0 Å². The van der Waals surface area contributed by atoms with E-state index in [2.05, 4.69) is 33.8 Å². The molecule has 15 heavy (non-hydrogen) atoms. The molecular weight excluding hydrogens is 228 g/mol. The molecule has 0 bridgehead atoms. The van der Waals surface area contributed by atoms with Crippen molar-refractivity contribution in [2.24, 2.45) is 0 Å². The van der Waals surface area contributed by atoms with Gasteiger partial charge in [-0.1, -0.05) is 18.3 Å². The molecule has 1 unspecified atom stereocenters. The van der Waals surface area contributed by atoms with E-state index < -0.39 is 0 Å². The van der Waals surface area contributed by atoms with Gasteiger partial charge in [0, 0.05) is 24.1 Å². The van der Waals surface area contributed by atoms with E-state index in [4.69, 9.17) is 5.73 Å². The molecule has 0 spiro atoms. The summed E-state index contributed by atoms with van der Waals surface area (Å²) in [5.74, 6) is 1.23. The zero-order valence-electron chi connectivity index (χ0n) is 8.85. The molecule has 4 nitrogen and oxygen atoms in total. The van der Waals surface area contributed by atoms with Crippen LogP contribution in [0.15, 0.2) is 0 Å². The van der Waals surface area contributed by atoms with E-state index in [0.717, 1.165) is 23.3 Å². The topological polar surface area (TPSA) is 55.0 Å². The molecule has 1 atom stereocenters. The maximum Gasteiger partial charge on any atom is 0.203 e. The van der Waals surface area contributed by atoms with Crippen LogP contribution < -0.4 is 5.73 Å². The Labute approximate surface area is 98.3 Å². The van der Waals surface area contributed by atoms with Gasteiger partial charge in [-0.25, -0.2) is 0 Å². The van der Waals surface area contributed by atoms with Gasteiger partial charge in [-0.2, -0.15) is 11.8 Å². The predicted molar refractivity (Wildman–Crippen MR) is 66.1 cm³/mol. The van der Waals surface area contributed by atoms with Crippen LogP contribution in [0, 0.1) is 0 Å². The lowest BCUT2D eigenvalue weighted by molar-refractivity contribution is 0.272. The lowest BCUT2D eigenvalue weighted by Gasteiger charge is -2.30. The molecule has 2 N–H and O–H groups in total. The van der Waals surface area contributed by atoms with Crippen LogP contribution in [0.25, 0.3) is 0 Å². The fourth-order valence-corrected chi connectivity index (χ4v) is 3.59. The Kier molecular flexibility index (Phi) is 3.82. The Morgan fingerprint density at radius 3 is 3.07 bits per heavy atom. The van der Waals surface area contributed by atoms with Crippen molar-refractivity contribution in [1.29, 1.82) is 0 Å². The number of hydrogen-bond donors (Lipinski definition) is 1. The maximum atomic E-state index is 5.56. The second kappa shape index (κ2) is 5.14. The van der Waals surface area contributed by atoms with Gasteiger partial charge in [0.05, 0.1) is 6.54 Å². The van der Waals surface area contributed by atoms with Crippen molar-refractivity contribution >= 4 is 28.2 Å². The molecule has 1 aromatic heterocycles. The van der Waals surface area contributed by atoms with Crippen molar-refractivity contribution in [3.8, 4) is 0 Å². The summed E-state index contributed by atoms with van der Waals surface area (Å²) in [6.07, 6.45) is 1.25. The Bertz CT molecular complexity index is 315. The third kappa shape index (κ3) is 3.06. The predicted octanol–water partition coefficient (Wildman–Crippen LogP) is 1.45. The zero-order valence-corrected chi connectivity index (χ0v) is 10.5. The summed E-state index contributed by atoms with van der Waals surface area (Å²) in [6, 6.07) is 0. The second-order valence-electron chi connectivity index (χ2n) is 3.67. The van der Waals surface area contributed by atoms with Gasteiger partial charge in [0.15, 0.2) is 0 Å². The van der Waals surface area contributed by atoms with Crippen LogP contribution in [0.3, 0.4) is 0 Å². The molecule has 0 radical (unpaired) electrons. The van der Waals surface area contributed by atoms with Crippen LogP contribution in [0.2, 0.25) is 0 Å². The number of aromatic nitrogens is 2. The van der Waals surface area contributed by atoms with Gasteiger partial charge in [-0.15, -0.1) is 10.2 Å². The maximum absolute atomic E-state index is 5.56.